The number of carbonyl (C=O) groups excluding carboxylic acids is 1. The molecule has 1 aromatic carbocycles. The summed E-state index contributed by atoms with van der Waals surface area (Å²) in [7, 11) is 0. The van der Waals surface area contributed by atoms with Gasteiger partial charge in [0.05, 0.1) is 11.5 Å². The molecular formula is C15H20F2N2O. The highest BCUT2D eigenvalue weighted by Crippen LogP contribution is 2.61. The van der Waals surface area contributed by atoms with E-state index in [1.165, 1.54) is 0 Å². The van der Waals surface area contributed by atoms with Gasteiger partial charge in [-0.1, -0.05) is 44.2 Å². The number of carbonyl (C=O) groups is 1. The van der Waals surface area contributed by atoms with Gasteiger partial charge in [0, 0.05) is 13.0 Å². The number of alkyl halides is 2. The van der Waals surface area contributed by atoms with E-state index in [1.807, 2.05) is 13.8 Å². The lowest BCUT2D eigenvalue weighted by atomic mass is 9.94. The number of nitrogens with two attached hydrogens (primary N) is 1. The van der Waals surface area contributed by atoms with E-state index in [9.17, 15) is 13.6 Å². The number of benzene rings is 1. The summed E-state index contributed by atoms with van der Waals surface area (Å²) in [5.41, 5.74) is 5.00. The molecule has 0 spiro atoms. The zero-order valence-corrected chi connectivity index (χ0v) is 11.7. The summed E-state index contributed by atoms with van der Waals surface area (Å²) in [5.74, 6) is -3.18. The normalized spacial score (nSPS) is 25.3. The average Bonchev–Trinajstić information content (AvgIpc) is 2.99. The first-order valence-corrected chi connectivity index (χ1v) is 6.77. The molecule has 3 N–H and O–H groups in total. The van der Waals surface area contributed by atoms with Crippen LogP contribution in [0.2, 0.25) is 0 Å². The molecule has 0 heterocycles. The third-order valence-electron chi connectivity index (χ3n) is 4.01. The second-order valence-electron chi connectivity index (χ2n) is 5.82. The predicted octanol–water partition coefficient (Wildman–Crippen LogP) is 2.06. The van der Waals surface area contributed by atoms with E-state index in [-0.39, 0.29) is 24.8 Å². The Balaban J connectivity index is 2.08. The smallest absolute Gasteiger partial charge is 0.260 e. The van der Waals surface area contributed by atoms with E-state index in [0.29, 0.717) is 5.56 Å². The van der Waals surface area contributed by atoms with Crippen molar-refractivity contribution in [3.63, 3.8) is 0 Å². The maximum absolute atomic E-state index is 13.8. The number of hydrogen-bond acceptors (Lipinski definition) is 2. The quantitative estimate of drug-likeness (QED) is 0.868. The molecule has 0 radical (unpaired) electrons. The molecule has 2 unspecified atom stereocenters. The summed E-state index contributed by atoms with van der Waals surface area (Å²) >= 11 is 0. The van der Waals surface area contributed by atoms with Crippen molar-refractivity contribution in [3.05, 3.63) is 35.9 Å². The van der Waals surface area contributed by atoms with Crippen LogP contribution in [-0.4, -0.2) is 24.4 Å². The lowest BCUT2D eigenvalue weighted by molar-refractivity contribution is -0.123. The first-order chi connectivity index (χ1) is 9.30. The van der Waals surface area contributed by atoms with Crippen LogP contribution < -0.4 is 11.1 Å². The van der Waals surface area contributed by atoms with E-state index in [4.69, 9.17) is 5.73 Å². The fourth-order valence-corrected chi connectivity index (χ4v) is 2.36. The van der Waals surface area contributed by atoms with Gasteiger partial charge in [0.25, 0.3) is 5.92 Å². The van der Waals surface area contributed by atoms with Crippen LogP contribution >= 0.6 is 0 Å². The van der Waals surface area contributed by atoms with Gasteiger partial charge in [-0.05, 0) is 11.5 Å². The monoisotopic (exact) mass is 282 g/mol. The van der Waals surface area contributed by atoms with Gasteiger partial charge in [-0.2, -0.15) is 0 Å². The van der Waals surface area contributed by atoms with Crippen molar-refractivity contribution in [3.8, 4) is 0 Å². The van der Waals surface area contributed by atoms with E-state index in [0.717, 1.165) is 0 Å². The van der Waals surface area contributed by atoms with Crippen LogP contribution in [0.15, 0.2) is 30.3 Å². The van der Waals surface area contributed by atoms with Gasteiger partial charge in [0.15, 0.2) is 0 Å². The molecule has 0 aliphatic heterocycles. The van der Waals surface area contributed by atoms with Crippen LogP contribution in [0.1, 0.15) is 25.8 Å². The minimum absolute atomic E-state index is 0.0256. The molecule has 1 aliphatic rings. The van der Waals surface area contributed by atoms with Gasteiger partial charge < -0.3 is 11.1 Å². The molecule has 110 valence electrons. The first-order valence-electron chi connectivity index (χ1n) is 6.77. The van der Waals surface area contributed by atoms with E-state index >= 15 is 0 Å². The van der Waals surface area contributed by atoms with Gasteiger partial charge >= 0.3 is 0 Å². The number of rotatable bonds is 5. The van der Waals surface area contributed by atoms with Crippen molar-refractivity contribution in [2.45, 2.75) is 37.6 Å². The van der Waals surface area contributed by atoms with Crippen molar-refractivity contribution in [2.24, 2.45) is 11.7 Å². The topological polar surface area (TPSA) is 55.1 Å². The molecule has 1 aliphatic carbocycles. The van der Waals surface area contributed by atoms with Crippen LogP contribution in [0.3, 0.4) is 0 Å². The molecule has 3 nitrogen and oxygen atoms in total. The van der Waals surface area contributed by atoms with E-state index in [1.54, 1.807) is 30.3 Å². The molecular weight excluding hydrogens is 262 g/mol. The zero-order valence-electron chi connectivity index (χ0n) is 11.7. The van der Waals surface area contributed by atoms with Gasteiger partial charge in [-0.25, -0.2) is 8.78 Å². The largest absolute Gasteiger partial charge is 0.354 e. The Morgan fingerprint density at radius 3 is 2.35 bits per heavy atom. The fraction of sp³-hybridized carbons (Fsp3) is 0.533. The zero-order chi connectivity index (χ0) is 15.0. The van der Waals surface area contributed by atoms with Crippen LogP contribution in [0, 0.1) is 5.92 Å². The Labute approximate surface area is 117 Å². The molecule has 2 atom stereocenters. The highest BCUT2D eigenvalue weighted by Gasteiger charge is 2.71. The maximum Gasteiger partial charge on any atom is 0.260 e. The molecule has 1 amide bonds. The number of nitrogens with one attached hydrogen (secondary N) is 1. The molecule has 5 heteroatoms. The molecule has 0 saturated heterocycles. The Kier molecular flexibility index (Phi) is 3.82. The third-order valence-corrected chi connectivity index (χ3v) is 4.01. The van der Waals surface area contributed by atoms with Crippen molar-refractivity contribution in [1.29, 1.82) is 0 Å². The molecule has 1 saturated carbocycles. The molecule has 20 heavy (non-hydrogen) atoms. The van der Waals surface area contributed by atoms with Crippen molar-refractivity contribution in [2.75, 3.05) is 6.54 Å². The third kappa shape index (κ3) is 2.54. The number of amides is 1. The summed E-state index contributed by atoms with van der Waals surface area (Å²) < 4.78 is 27.5. The van der Waals surface area contributed by atoms with E-state index in [2.05, 4.69) is 5.32 Å². The second kappa shape index (κ2) is 5.13. The Morgan fingerprint density at radius 1 is 1.35 bits per heavy atom. The van der Waals surface area contributed by atoms with Crippen molar-refractivity contribution in [1.82, 2.24) is 5.32 Å². The summed E-state index contributed by atoms with van der Waals surface area (Å²) in [6.45, 7) is 3.56. The summed E-state index contributed by atoms with van der Waals surface area (Å²) in [6, 6.07) is 7.92. The maximum atomic E-state index is 13.8. The van der Waals surface area contributed by atoms with Gasteiger partial charge in [-0.3, -0.25) is 4.79 Å². The SMILES string of the molecule is CC(C)C(N)C(=O)NCC1(c2ccccc2)CC1(F)F. The second-order valence-corrected chi connectivity index (χ2v) is 5.82. The van der Waals surface area contributed by atoms with Crippen molar-refractivity contribution < 1.29 is 13.6 Å². The van der Waals surface area contributed by atoms with Crippen LogP contribution in [0.5, 0.6) is 0 Å². The van der Waals surface area contributed by atoms with Gasteiger partial charge in [0.2, 0.25) is 5.91 Å². The number of halogens is 2. The lowest BCUT2D eigenvalue weighted by Crippen LogP contribution is -2.47. The summed E-state index contributed by atoms with van der Waals surface area (Å²) in [5, 5.41) is 2.58. The van der Waals surface area contributed by atoms with E-state index < -0.39 is 17.4 Å². The van der Waals surface area contributed by atoms with Crippen molar-refractivity contribution >= 4 is 5.91 Å². The minimum atomic E-state index is -2.77. The highest BCUT2D eigenvalue weighted by atomic mass is 19.3. The fourth-order valence-electron chi connectivity index (χ4n) is 2.36. The highest BCUT2D eigenvalue weighted by molar-refractivity contribution is 5.82. The standard InChI is InChI=1S/C15H20F2N2O/c1-10(2)12(18)13(20)19-9-14(8-15(14,16)17)11-6-4-3-5-7-11/h3-7,10,12H,8-9,18H2,1-2H3,(H,19,20). The van der Waals surface area contributed by atoms with Crippen LogP contribution in [-0.2, 0) is 10.2 Å². The molecule has 0 bridgehead atoms. The summed E-state index contributed by atoms with van der Waals surface area (Å²) in [6.07, 6.45) is -0.235. The Hall–Kier alpha value is -1.49. The van der Waals surface area contributed by atoms with Crippen LogP contribution in [0.4, 0.5) is 8.78 Å². The van der Waals surface area contributed by atoms with Gasteiger partial charge in [0.1, 0.15) is 0 Å². The molecule has 1 aromatic rings. The number of hydrogen-bond donors (Lipinski definition) is 2. The average molecular weight is 282 g/mol. The van der Waals surface area contributed by atoms with Gasteiger partial charge in [-0.15, -0.1) is 0 Å². The Morgan fingerprint density at radius 2 is 1.90 bits per heavy atom. The minimum Gasteiger partial charge on any atom is -0.354 e. The van der Waals surface area contributed by atoms with Crippen LogP contribution in [0.25, 0.3) is 0 Å². The predicted molar refractivity (Wildman–Crippen MR) is 73.5 cm³/mol. The first kappa shape index (κ1) is 14.9. The molecule has 2 rings (SSSR count). The molecule has 0 aromatic heterocycles. The lowest BCUT2D eigenvalue weighted by Gasteiger charge is -2.20. The summed E-state index contributed by atoms with van der Waals surface area (Å²) in [4.78, 5) is 11.8. The molecule has 1 fully saturated rings. The Bertz CT molecular complexity index is 490.